The molecule has 0 saturated carbocycles. The summed E-state index contributed by atoms with van der Waals surface area (Å²) >= 11 is 12.3. The number of halogens is 5. The number of carboxylic acid groups (broad SMARTS) is 1. The lowest BCUT2D eigenvalue weighted by atomic mass is 10.0. The highest BCUT2D eigenvalue weighted by molar-refractivity contribution is 7.90. The number of aromatic carboxylic acids is 1. The molecule has 0 fully saturated rings. The molecule has 1 N–H and O–H groups in total. The zero-order chi connectivity index (χ0) is 32.0. The van der Waals surface area contributed by atoms with E-state index in [9.17, 15) is 36.3 Å². The van der Waals surface area contributed by atoms with Gasteiger partial charge < -0.3 is 9.84 Å². The van der Waals surface area contributed by atoms with Crippen LogP contribution >= 0.6 is 23.2 Å². The maximum Gasteiger partial charge on any atom is 0.417 e. The summed E-state index contributed by atoms with van der Waals surface area (Å²) < 4.78 is 71.9. The fourth-order valence-electron chi connectivity index (χ4n) is 4.49. The monoisotopic (exact) mass is 662 g/mol. The van der Waals surface area contributed by atoms with Gasteiger partial charge in [-0.05, 0) is 66.2 Å². The fraction of sp³-hybridized carbons (Fsp3) is 0.100. The lowest BCUT2D eigenvalue weighted by Gasteiger charge is -2.13. The highest BCUT2D eigenvalue weighted by Gasteiger charge is 2.37. The predicted octanol–water partition coefficient (Wildman–Crippen LogP) is 7.40. The number of fused-ring (bicyclic) bond motifs is 1. The molecular formula is C30H19Cl2F3N2O6S. The van der Waals surface area contributed by atoms with Crippen molar-refractivity contribution >= 4 is 55.8 Å². The van der Waals surface area contributed by atoms with Gasteiger partial charge in [-0.2, -0.15) is 23.0 Å². The number of rotatable bonds is 7. The lowest BCUT2D eigenvalue weighted by Crippen LogP contribution is -2.20. The van der Waals surface area contributed by atoms with Crippen molar-refractivity contribution in [3.63, 3.8) is 0 Å². The summed E-state index contributed by atoms with van der Waals surface area (Å²) in [5, 5.41) is 14.0. The number of aromatic nitrogens is 2. The Bertz CT molecular complexity index is 2060. The van der Waals surface area contributed by atoms with Crippen LogP contribution in [0.2, 0.25) is 10.0 Å². The quantitative estimate of drug-likeness (QED) is 0.193. The van der Waals surface area contributed by atoms with Crippen molar-refractivity contribution in [1.29, 1.82) is 0 Å². The Balaban J connectivity index is 1.64. The van der Waals surface area contributed by atoms with E-state index >= 15 is 0 Å². The molecule has 0 bridgehead atoms. The number of alkyl halides is 3. The van der Waals surface area contributed by atoms with Crippen LogP contribution in [0.5, 0.6) is 5.75 Å². The second-order valence-electron chi connectivity index (χ2n) is 9.61. The predicted molar refractivity (Wildman–Crippen MR) is 157 cm³/mol. The number of hydrogen-bond donors (Lipinski definition) is 1. The molecule has 0 aliphatic rings. The summed E-state index contributed by atoms with van der Waals surface area (Å²) in [6.45, 7) is -0.118. The molecular weight excluding hydrogens is 644 g/mol. The zero-order valence-corrected chi connectivity index (χ0v) is 24.7. The molecule has 0 amide bonds. The van der Waals surface area contributed by atoms with E-state index in [1.165, 1.54) is 60.7 Å². The average molecular weight is 663 g/mol. The first-order valence-electron chi connectivity index (χ1n) is 12.5. The molecule has 0 aliphatic carbocycles. The largest absolute Gasteiger partial charge is 0.488 e. The van der Waals surface area contributed by atoms with Crippen LogP contribution in [0.15, 0.2) is 83.8 Å². The SMILES string of the molecule is CS(=O)(=O)c1ccc(COc2cc(C(=O)O)ccc2-c2nn(C(=O)c3c(Cl)cccc3C(F)(F)F)c3ccc(Cl)cc23)cc1. The van der Waals surface area contributed by atoms with Crippen molar-refractivity contribution in [3.05, 3.63) is 111 Å². The summed E-state index contributed by atoms with van der Waals surface area (Å²) in [5.41, 5.74) is -1.26. The maximum atomic E-state index is 13.9. The first-order valence-corrected chi connectivity index (χ1v) is 15.2. The number of hydrogen-bond acceptors (Lipinski definition) is 6. The molecule has 0 atom stereocenters. The van der Waals surface area contributed by atoms with E-state index in [1.54, 1.807) is 0 Å². The van der Waals surface area contributed by atoms with Gasteiger partial charge in [0.1, 0.15) is 18.1 Å². The van der Waals surface area contributed by atoms with E-state index < -0.39 is 44.0 Å². The normalized spacial score (nSPS) is 12.0. The third-order valence-corrected chi connectivity index (χ3v) is 8.28. The molecule has 0 spiro atoms. The molecule has 44 heavy (non-hydrogen) atoms. The molecule has 8 nitrogen and oxygen atoms in total. The number of carbonyl (C=O) groups is 2. The van der Waals surface area contributed by atoms with Gasteiger partial charge in [0.2, 0.25) is 0 Å². The summed E-state index contributed by atoms with van der Waals surface area (Å²) in [5.74, 6) is -2.40. The van der Waals surface area contributed by atoms with E-state index in [0.717, 1.165) is 29.1 Å². The van der Waals surface area contributed by atoms with Crippen molar-refractivity contribution in [1.82, 2.24) is 9.78 Å². The Kier molecular flexibility index (Phi) is 8.19. The molecule has 5 rings (SSSR count). The van der Waals surface area contributed by atoms with E-state index in [4.69, 9.17) is 27.9 Å². The minimum Gasteiger partial charge on any atom is -0.488 e. The van der Waals surface area contributed by atoms with Crippen molar-refractivity contribution in [2.24, 2.45) is 0 Å². The van der Waals surface area contributed by atoms with Crippen LogP contribution in [0, 0.1) is 0 Å². The van der Waals surface area contributed by atoms with Crippen molar-refractivity contribution < 1.29 is 41.0 Å². The average Bonchev–Trinajstić information content (AvgIpc) is 3.33. The van der Waals surface area contributed by atoms with Crippen LogP contribution in [-0.4, -0.2) is 41.4 Å². The van der Waals surface area contributed by atoms with Gasteiger partial charge in [0.05, 0.1) is 32.1 Å². The number of sulfone groups is 1. The van der Waals surface area contributed by atoms with Crippen LogP contribution in [-0.2, 0) is 22.6 Å². The third kappa shape index (κ3) is 6.14. The Labute approximate surface area is 258 Å². The van der Waals surface area contributed by atoms with E-state index in [0.29, 0.717) is 5.56 Å². The van der Waals surface area contributed by atoms with Crippen molar-refractivity contribution in [2.45, 2.75) is 17.7 Å². The number of ether oxygens (including phenoxy) is 1. The van der Waals surface area contributed by atoms with E-state index in [-0.39, 0.29) is 50.0 Å². The maximum absolute atomic E-state index is 13.9. The standard InChI is InChI=1S/C30H19Cl2F3N2O6S/c1-44(41,42)19-9-5-16(6-10-19)15-43-25-13-17(29(39)40)7-11-20(25)27-21-14-18(31)8-12-24(21)37(36-27)28(38)26-22(30(33,34)35)3-2-4-23(26)32/h2-14H,15H2,1H3,(H,39,40). The van der Waals surface area contributed by atoms with E-state index in [2.05, 4.69) is 5.10 Å². The lowest BCUT2D eigenvalue weighted by molar-refractivity contribution is -0.137. The van der Waals surface area contributed by atoms with Gasteiger partial charge in [-0.1, -0.05) is 41.4 Å². The summed E-state index contributed by atoms with van der Waals surface area (Å²) in [6.07, 6.45) is -3.82. The van der Waals surface area contributed by atoms with Gasteiger partial charge in [0.25, 0.3) is 5.91 Å². The zero-order valence-electron chi connectivity index (χ0n) is 22.4. The molecule has 0 radical (unpaired) electrons. The number of nitrogens with zero attached hydrogens (tertiary/aromatic N) is 2. The Morgan fingerprint density at radius 3 is 2.32 bits per heavy atom. The summed E-state index contributed by atoms with van der Waals surface area (Å²) in [4.78, 5) is 25.5. The van der Waals surface area contributed by atoms with Crippen molar-refractivity contribution in [3.8, 4) is 17.0 Å². The van der Waals surface area contributed by atoms with Gasteiger partial charge in [-0.3, -0.25) is 4.79 Å². The van der Waals surface area contributed by atoms with E-state index in [1.807, 2.05) is 0 Å². The van der Waals surface area contributed by atoms with Crippen molar-refractivity contribution in [2.75, 3.05) is 6.26 Å². The second kappa shape index (κ2) is 11.6. The third-order valence-electron chi connectivity index (χ3n) is 6.60. The van der Waals surface area contributed by atoms with Crippen LogP contribution in [0.25, 0.3) is 22.2 Å². The molecule has 0 unspecified atom stereocenters. The van der Waals surface area contributed by atoms with Gasteiger partial charge in [-0.15, -0.1) is 0 Å². The molecule has 226 valence electrons. The van der Waals surface area contributed by atoms with Crippen LogP contribution in [0.1, 0.15) is 31.8 Å². The molecule has 4 aromatic carbocycles. The second-order valence-corrected chi connectivity index (χ2v) is 12.5. The molecule has 0 aliphatic heterocycles. The van der Waals surface area contributed by atoms with Gasteiger partial charge >= 0.3 is 12.1 Å². The fourth-order valence-corrected chi connectivity index (χ4v) is 5.55. The first-order chi connectivity index (χ1) is 20.6. The molecule has 5 aromatic rings. The van der Waals surface area contributed by atoms with Crippen LogP contribution in [0.4, 0.5) is 13.2 Å². The minimum absolute atomic E-state index is 0.0183. The topological polar surface area (TPSA) is 116 Å². The van der Waals surface area contributed by atoms with Crippen LogP contribution < -0.4 is 4.74 Å². The number of benzene rings is 4. The molecule has 1 aromatic heterocycles. The Hall–Kier alpha value is -4.39. The smallest absolute Gasteiger partial charge is 0.417 e. The Morgan fingerprint density at radius 2 is 1.68 bits per heavy atom. The van der Waals surface area contributed by atoms with Gasteiger partial charge in [-0.25, -0.2) is 13.2 Å². The highest BCUT2D eigenvalue weighted by atomic mass is 35.5. The Morgan fingerprint density at radius 1 is 0.977 bits per heavy atom. The van der Waals surface area contributed by atoms with Crippen LogP contribution in [0.3, 0.4) is 0 Å². The molecule has 14 heteroatoms. The highest BCUT2D eigenvalue weighted by Crippen LogP contribution is 2.39. The summed E-state index contributed by atoms with van der Waals surface area (Å²) in [6, 6.07) is 17.0. The first kappa shape index (κ1) is 31.0. The van der Waals surface area contributed by atoms with Gasteiger partial charge in [0.15, 0.2) is 9.84 Å². The number of carbonyl (C=O) groups excluding carboxylic acids is 1. The number of carboxylic acids is 1. The van der Waals surface area contributed by atoms with Gasteiger partial charge in [0, 0.05) is 22.2 Å². The molecule has 0 saturated heterocycles. The summed E-state index contributed by atoms with van der Waals surface area (Å²) in [7, 11) is -3.43. The molecule has 1 heterocycles. The minimum atomic E-state index is -4.89.